The maximum atomic E-state index is 12.9. The number of nitrogens with one attached hydrogen (secondary N) is 1. The first-order valence-corrected chi connectivity index (χ1v) is 11.2. The van der Waals surface area contributed by atoms with Crippen molar-refractivity contribution >= 4 is 28.5 Å². The molecule has 9 heteroatoms. The van der Waals surface area contributed by atoms with E-state index in [1.807, 2.05) is 53.9 Å². The number of fused-ring (bicyclic) bond motifs is 1. The van der Waals surface area contributed by atoms with Crippen molar-refractivity contribution in [3.05, 3.63) is 59.5 Å². The summed E-state index contributed by atoms with van der Waals surface area (Å²) >= 11 is 1.33. The fraction of sp³-hybridized carbons (Fsp3) is 0.261. The number of aromatic nitrogens is 1. The highest BCUT2D eigenvalue weighted by atomic mass is 32.1. The van der Waals surface area contributed by atoms with Gasteiger partial charge in [0.25, 0.3) is 0 Å². The molecule has 0 spiro atoms. The highest BCUT2D eigenvalue weighted by Crippen LogP contribution is 2.36. The predicted molar refractivity (Wildman–Crippen MR) is 119 cm³/mol. The average molecular weight is 452 g/mol. The topological polar surface area (TPSA) is 90.0 Å². The standard InChI is InChI=1S/C23H21N3O5S/c27-21(18-7-4-10-26(18)23(28)29-12-15-5-2-1-3-6-15)25-22-24-17(13-32-22)16-8-9-19-20(11-16)31-14-30-19/h1-3,5-6,8-9,11,13,18H,4,7,10,12,14H2,(H,24,25,27). The van der Waals surface area contributed by atoms with Crippen LogP contribution in [0, 0.1) is 0 Å². The number of ether oxygens (including phenoxy) is 3. The number of thiazole rings is 1. The molecule has 0 bridgehead atoms. The van der Waals surface area contributed by atoms with E-state index in [0.717, 1.165) is 23.2 Å². The second kappa shape index (κ2) is 8.88. The Bertz CT molecular complexity index is 1130. The average Bonchev–Trinajstić information content (AvgIpc) is 3.58. The first kappa shape index (κ1) is 20.3. The molecule has 8 nitrogen and oxygen atoms in total. The van der Waals surface area contributed by atoms with Gasteiger partial charge in [-0.15, -0.1) is 11.3 Å². The molecule has 2 aliphatic heterocycles. The summed E-state index contributed by atoms with van der Waals surface area (Å²) in [7, 11) is 0. The van der Waals surface area contributed by atoms with Crippen molar-refractivity contribution in [3.8, 4) is 22.8 Å². The molecule has 3 heterocycles. The number of rotatable bonds is 5. The third-order valence-corrected chi connectivity index (χ3v) is 6.16. The molecule has 2 amide bonds. The maximum Gasteiger partial charge on any atom is 0.410 e. The maximum absolute atomic E-state index is 12.9. The van der Waals surface area contributed by atoms with Crippen molar-refractivity contribution in [3.63, 3.8) is 0 Å². The third kappa shape index (κ3) is 4.24. The lowest BCUT2D eigenvalue weighted by molar-refractivity contribution is -0.120. The summed E-state index contributed by atoms with van der Waals surface area (Å²) in [6, 6.07) is 14.5. The summed E-state index contributed by atoms with van der Waals surface area (Å²) in [4.78, 5) is 31.4. The Morgan fingerprint density at radius 2 is 2.00 bits per heavy atom. The van der Waals surface area contributed by atoms with Gasteiger partial charge in [0.1, 0.15) is 12.6 Å². The lowest BCUT2D eigenvalue weighted by Gasteiger charge is -2.22. The zero-order chi connectivity index (χ0) is 21.9. The lowest BCUT2D eigenvalue weighted by Crippen LogP contribution is -2.43. The van der Waals surface area contributed by atoms with E-state index in [-0.39, 0.29) is 19.3 Å². The Kier molecular flexibility index (Phi) is 5.64. The highest BCUT2D eigenvalue weighted by molar-refractivity contribution is 7.14. The Balaban J connectivity index is 1.21. The van der Waals surface area contributed by atoms with Crippen LogP contribution in [0.15, 0.2) is 53.9 Å². The van der Waals surface area contributed by atoms with Crippen LogP contribution in [0.25, 0.3) is 11.3 Å². The van der Waals surface area contributed by atoms with Gasteiger partial charge in [0, 0.05) is 17.5 Å². The molecule has 1 atom stereocenters. The van der Waals surface area contributed by atoms with Gasteiger partial charge in [-0.2, -0.15) is 0 Å². The van der Waals surface area contributed by atoms with Gasteiger partial charge in [0.2, 0.25) is 12.7 Å². The van der Waals surface area contributed by atoms with Gasteiger partial charge in [-0.3, -0.25) is 9.69 Å². The van der Waals surface area contributed by atoms with E-state index < -0.39 is 12.1 Å². The minimum absolute atomic E-state index is 0.176. The van der Waals surface area contributed by atoms with Gasteiger partial charge in [-0.05, 0) is 36.6 Å². The molecule has 1 fully saturated rings. The van der Waals surface area contributed by atoms with E-state index in [0.29, 0.717) is 29.6 Å². The second-order valence-corrected chi connectivity index (χ2v) is 8.34. The molecule has 1 unspecified atom stereocenters. The fourth-order valence-corrected chi connectivity index (χ4v) is 4.49. The van der Waals surface area contributed by atoms with Gasteiger partial charge >= 0.3 is 6.09 Å². The number of hydrogen-bond donors (Lipinski definition) is 1. The molecule has 0 aliphatic carbocycles. The summed E-state index contributed by atoms with van der Waals surface area (Å²) in [6.45, 7) is 0.880. The van der Waals surface area contributed by atoms with Crippen LogP contribution in [-0.2, 0) is 16.1 Å². The van der Waals surface area contributed by atoms with Crippen molar-refractivity contribution in [1.82, 2.24) is 9.88 Å². The lowest BCUT2D eigenvalue weighted by atomic mass is 10.1. The third-order valence-electron chi connectivity index (χ3n) is 5.40. The Morgan fingerprint density at radius 1 is 1.16 bits per heavy atom. The first-order valence-electron chi connectivity index (χ1n) is 10.3. The first-order chi connectivity index (χ1) is 15.7. The van der Waals surface area contributed by atoms with Crippen LogP contribution >= 0.6 is 11.3 Å². The molecule has 1 saturated heterocycles. The number of likely N-dealkylation sites (tertiary alicyclic amines) is 1. The van der Waals surface area contributed by atoms with Crippen LogP contribution in [0.1, 0.15) is 18.4 Å². The quantitative estimate of drug-likeness (QED) is 0.623. The number of amides is 2. The molecule has 3 aromatic rings. The second-order valence-electron chi connectivity index (χ2n) is 7.49. The van der Waals surface area contributed by atoms with Crippen LogP contribution in [-0.4, -0.2) is 41.3 Å². The van der Waals surface area contributed by atoms with E-state index in [1.165, 1.54) is 16.2 Å². The zero-order valence-corrected chi connectivity index (χ0v) is 18.0. The van der Waals surface area contributed by atoms with Gasteiger partial charge in [-0.25, -0.2) is 9.78 Å². The molecule has 164 valence electrons. The summed E-state index contributed by atoms with van der Waals surface area (Å²) in [5.41, 5.74) is 2.51. The summed E-state index contributed by atoms with van der Waals surface area (Å²) in [5, 5.41) is 5.20. The minimum Gasteiger partial charge on any atom is -0.454 e. The zero-order valence-electron chi connectivity index (χ0n) is 17.2. The van der Waals surface area contributed by atoms with Crippen molar-refractivity contribution in [2.24, 2.45) is 0 Å². The minimum atomic E-state index is -0.573. The van der Waals surface area contributed by atoms with Crippen LogP contribution in [0.2, 0.25) is 0 Å². The Labute approximate surface area is 188 Å². The number of anilines is 1. The highest BCUT2D eigenvalue weighted by Gasteiger charge is 2.35. The molecule has 0 radical (unpaired) electrons. The number of carbonyl (C=O) groups excluding carboxylic acids is 2. The van der Waals surface area contributed by atoms with Gasteiger partial charge in [0.05, 0.1) is 5.69 Å². The molecule has 32 heavy (non-hydrogen) atoms. The molecule has 5 rings (SSSR count). The predicted octanol–water partition coefficient (Wildman–Crippen LogP) is 4.28. The van der Waals surface area contributed by atoms with Crippen molar-refractivity contribution in [2.45, 2.75) is 25.5 Å². The molecule has 2 aromatic carbocycles. The van der Waals surface area contributed by atoms with E-state index >= 15 is 0 Å². The number of carbonyl (C=O) groups is 2. The smallest absolute Gasteiger partial charge is 0.410 e. The number of hydrogen-bond acceptors (Lipinski definition) is 7. The SMILES string of the molecule is O=C(Nc1nc(-c2ccc3c(c2)OCO3)cs1)C1CCCN1C(=O)OCc1ccccc1. The largest absolute Gasteiger partial charge is 0.454 e. The molecular weight excluding hydrogens is 430 g/mol. The van der Waals surface area contributed by atoms with Crippen LogP contribution in [0.3, 0.4) is 0 Å². The van der Waals surface area contributed by atoms with Crippen LogP contribution in [0.4, 0.5) is 9.93 Å². The number of nitrogens with zero attached hydrogens (tertiary/aromatic N) is 2. The van der Waals surface area contributed by atoms with E-state index in [9.17, 15) is 9.59 Å². The summed E-state index contributed by atoms with van der Waals surface area (Å²) < 4.78 is 16.2. The Hall–Kier alpha value is -3.59. The van der Waals surface area contributed by atoms with Crippen LogP contribution < -0.4 is 14.8 Å². The monoisotopic (exact) mass is 451 g/mol. The Morgan fingerprint density at radius 3 is 2.88 bits per heavy atom. The van der Waals surface area contributed by atoms with Crippen molar-refractivity contribution in [2.75, 3.05) is 18.7 Å². The molecule has 2 aliphatic rings. The van der Waals surface area contributed by atoms with E-state index in [4.69, 9.17) is 14.2 Å². The van der Waals surface area contributed by atoms with Crippen molar-refractivity contribution < 1.29 is 23.8 Å². The van der Waals surface area contributed by atoms with Gasteiger partial charge < -0.3 is 19.5 Å². The van der Waals surface area contributed by atoms with E-state index in [2.05, 4.69) is 10.3 Å². The molecule has 1 N–H and O–H groups in total. The normalized spacial score (nSPS) is 16.8. The van der Waals surface area contributed by atoms with E-state index in [1.54, 1.807) is 0 Å². The summed E-state index contributed by atoms with van der Waals surface area (Å²) in [5.74, 6) is 1.13. The molecule has 1 aromatic heterocycles. The van der Waals surface area contributed by atoms with Gasteiger partial charge in [-0.1, -0.05) is 30.3 Å². The fourth-order valence-electron chi connectivity index (χ4n) is 3.77. The van der Waals surface area contributed by atoms with Crippen molar-refractivity contribution in [1.29, 1.82) is 0 Å². The van der Waals surface area contributed by atoms with Crippen LogP contribution in [0.5, 0.6) is 11.5 Å². The molecule has 0 saturated carbocycles. The van der Waals surface area contributed by atoms with Gasteiger partial charge in [0.15, 0.2) is 16.6 Å². The number of benzene rings is 2. The molecular formula is C23H21N3O5S. The summed E-state index contributed by atoms with van der Waals surface area (Å²) in [6.07, 6.45) is 0.859.